The Morgan fingerprint density at radius 2 is 1.89 bits per heavy atom. The molecule has 1 heterocycles. The predicted molar refractivity (Wildman–Crippen MR) is 114 cm³/mol. The summed E-state index contributed by atoms with van der Waals surface area (Å²) in [6, 6.07) is 11.2. The highest BCUT2D eigenvalue weighted by Crippen LogP contribution is 2.47. The van der Waals surface area contributed by atoms with Crippen LogP contribution in [0.1, 0.15) is 38.3 Å². The second kappa shape index (κ2) is 6.85. The van der Waals surface area contributed by atoms with Gasteiger partial charge in [-0.2, -0.15) is 0 Å². The van der Waals surface area contributed by atoms with Gasteiger partial charge in [0, 0.05) is 17.7 Å². The molecule has 0 radical (unpaired) electrons. The van der Waals surface area contributed by atoms with Crippen LogP contribution >= 0.6 is 15.9 Å². The van der Waals surface area contributed by atoms with Crippen LogP contribution in [0.3, 0.4) is 0 Å². The number of hydrogen-bond acceptors (Lipinski definition) is 5. The Labute approximate surface area is 172 Å². The molecule has 0 amide bonds. The number of phenols is 1. The zero-order valence-corrected chi connectivity index (χ0v) is 17.7. The Bertz CT molecular complexity index is 997. The smallest absolute Gasteiger partial charge is 0.172 e. The highest BCUT2D eigenvalue weighted by Gasteiger charge is 2.39. The molecule has 0 fully saturated rings. The van der Waals surface area contributed by atoms with Gasteiger partial charge in [-0.3, -0.25) is 4.79 Å². The average Bonchev–Trinajstić information content (AvgIpc) is 2.79. The first kappa shape index (κ1) is 18.9. The number of methoxy groups -OCH3 is 1. The maximum atomic E-state index is 13.2. The van der Waals surface area contributed by atoms with E-state index in [0.29, 0.717) is 16.6 Å². The fourth-order valence-electron chi connectivity index (χ4n) is 4.06. The van der Waals surface area contributed by atoms with E-state index >= 15 is 0 Å². The number of ketones is 1. The summed E-state index contributed by atoms with van der Waals surface area (Å²) in [5.41, 5.74) is 4.33. The number of carbonyl (C=O) groups excluding carboxylic acids is 1. The van der Waals surface area contributed by atoms with Gasteiger partial charge in [0.2, 0.25) is 0 Å². The predicted octanol–water partition coefficient (Wildman–Crippen LogP) is 5.39. The van der Waals surface area contributed by atoms with Crippen LogP contribution in [0.4, 0.5) is 11.4 Å². The lowest BCUT2D eigenvalue weighted by molar-refractivity contribution is -0.118. The van der Waals surface area contributed by atoms with Crippen LogP contribution in [-0.2, 0) is 4.79 Å². The zero-order chi connectivity index (χ0) is 20.1. The normalized spacial score (nSPS) is 20.4. The van der Waals surface area contributed by atoms with Gasteiger partial charge in [0.25, 0.3) is 0 Å². The number of benzene rings is 2. The quantitative estimate of drug-likeness (QED) is 0.581. The Hall–Kier alpha value is -2.47. The van der Waals surface area contributed by atoms with Crippen LogP contribution in [0.5, 0.6) is 11.5 Å². The number of ether oxygens (including phenoxy) is 1. The molecule has 5 nitrogen and oxygen atoms in total. The zero-order valence-electron chi connectivity index (χ0n) is 16.1. The van der Waals surface area contributed by atoms with E-state index in [1.165, 1.54) is 7.11 Å². The molecular weight excluding hydrogens is 420 g/mol. The first-order valence-electron chi connectivity index (χ1n) is 9.24. The molecule has 3 N–H and O–H groups in total. The fourth-order valence-corrected chi connectivity index (χ4v) is 4.52. The molecular formula is C22H23BrN2O3. The number of anilines is 2. The maximum Gasteiger partial charge on any atom is 0.172 e. The van der Waals surface area contributed by atoms with Crippen LogP contribution in [0, 0.1) is 5.41 Å². The molecule has 0 aromatic heterocycles. The third-order valence-electron chi connectivity index (χ3n) is 5.33. The van der Waals surface area contributed by atoms with E-state index in [-0.39, 0.29) is 23.0 Å². The number of hydrogen-bond donors (Lipinski definition) is 3. The number of Topliss-reactive ketones (excluding diaryl/α,β-unsaturated/α-hetero) is 1. The number of rotatable bonds is 2. The van der Waals surface area contributed by atoms with Crippen molar-refractivity contribution in [2.24, 2.45) is 5.41 Å². The van der Waals surface area contributed by atoms with Crippen molar-refractivity contribution in [3.8, 4) is 11.5 Å². The molecule has 0 bridgehead atoms. The van der Waals surface area contributed by atoms with E-state index in [1.807, 2.05) is 30.3 Å². The van der Waals surface area contributed by atoms with Gasteiger partial charge in [0.05, 0.1) is 29.0 Å². The summed E-state index contributed by atoms with van der Waals surface area (Å²) in [5.74, 6) is 0.540. The lowest BCUT2D eigenvalue weighted by Crippen LogP contribution is -2.31. The third kappa shape index (κ3) is 3.26. The number of aromatic hydroxyl groups is 1. The largest absolute Gasteiger partial charge is 0.503 e. The lowest BCUT2D eigenvalue weighted by Gasteiger charge is -2.34. The van der Waals surface area contributed by atoms with Gasteiger partial charge >= 0.3 is 0 Å². The fraction of sp³-hybridized carbons (Fsp3) is 0.318. The van der Waals surface area contributed by atoms with Crippen molar-refractivity contribution >= 4 is 33.1 Å². The first-order valence-corrected chi connectivity index (χ1v) is 10.0. The van der Waals surface area contributed by atoms with Gasteiger partial charge in [-0.15, -0.1) is 0 Å². The Morgan fingerprint density at radius 1 is 1.18 bits per heavy atom. The molecule has 1 aliphatic carbocycles. The van der Waals surface area contributed by atoms with Crippen LogP contribution in [0.2, 0.25) is 0 Å². The van der Waals surface area contributed by atoms with Gasteiger partial charge < -0.3 is 20.5 Å². The van der Waals surface area contributed by atoms with Gasteiger partial charge in [0.1, 0.15) is 0 Å². The Balaban J connectivity index is 1.91. The molecule has 0 spiro atoms. The van der Waals surface area contributed by atoms with Crippen molar-refractivity contribution in [3.63, 3.8) is 0 Å². The van der Waals surface area contributed by atoms with Crippen molar-refractivity contribution in [3.05, 3.63) is 57.7 Å². The number of fused-ring (bicyclic) bond motifs is 1. The maximum absolute atomic E-state index is 13.2. The number of para-hydroxylation sites is 2. The second-order valence-corrected chi connectivity index (χ2v) is 8.99. The lowest BCUT2D eigenvalue weighted by atomic mass is 9.73. The third-order valence-corrected chi connectivity index (χ3v) is 5.93. The van der Waals surface area contributed by atoms with Crippen molar-refractivity contribution in [2.75, 3.05) is 17.7 Å². The number of halogens is 1. The van der Waals surface area contributed by atoms with Gasteiger partial charge in [0.15, 0.2) is 17.3 Å². The van der Waals surface area contributed by atoms with E-state index in [1.54, 1.807) is 6.07 Å². The number of allylic oxidation sites excluding steroid dienone is 1. The van der Waals surface area contributed by atoms with Gasteiger partial charge in [-0.1, -0.05) is 26.0 Å². The van der Waals surface area contributed by atoms with Gasteiger partial charge in [-0.05, 0) is 57.6 Å². The summed E-state index contributed by atoms with van der Waals surface area (Å²) < 4.78 is 5.86. The van der Waals surface area contributed by atoms with E-state index in [0.717, 1.165) is 34.6 Å². The molecule has 2 aromatic rings. The van der Waals surface area contributed by atoms with E-state index in [9.17, 15) is 9.90 Å². The molecule has 6 heteroatoms. The minimum atomic E-state index is -0.347. The molecule has 2 aromatic carbocycles. The molecule has 0 saturated heterocycles. The van der Waals surface area contributed by atoms with Crippen molar-refractivity contribution in [1.29, 1.82) is 0 Å². The van der Waals surface area contributed by atoms with Crippen LogP contribution in [0.25, 0.3) is 0 Å². The number of nitrogens with one attached hydrogen (secondary N) is 2. The summed E-state index contributed by atoms with van der Waals surface area (Å²) in [5, 5.41) is 17.2. The van der Waals surface area contributed by atoms with Crippen molar-refractivity contribution in [2.45, 2.75) is 32.7 Å². The summed E-state index contributed by atoms with van der Waals surface area (Å²) in [6.07, 6.45) is 1.29. The minimum absolute atomic E-state index is 0.0451. The summed E-state index contributed by atoms with van der Waals surface area (Å²) in [7, 11) is 1.52. The highest BCUT2D eigenvalue weighted by atomic mass is 79.9. The van der Waals surface area contributed by atoms with E-state index in [4.69, 9.17) is 4.74 Å². The topological polar surface area (TPSA) is 70.6 Å². The Morgan fingerprint density at radius 3 is 2.61 bits per heavy atom. The van der Waals surface area contributed by atoms with E-state index in [2.05, 4.69) is 40.4 Å². The molecule has 28 heavy (non-hydrogen) atoms. The summed E-state index contributed by atoms with van der Waals surface area (Å²) in [4.78, 5) is 13.2. The van der Waals surface area contributed by atoms with Gasteiger partial charge in [-0.25, -0.2) is 0 Å². The summed E-state index contributed by atoms with van der Waals surface area (Å²) in [6.45, 7) is 4.24. The molecule has 2 aliphatic rings. The van der Waals surface area contributed by atoms with Crippen molar-refractivity contribution < 1.29 is 14.6 Å². The van der Waals surface area contributed by atoms with E-state index < -0.39 is 0 Å². The Kier molecular flexibility index (Phi) is 4.62. The molecule has 0 unspecified atom stereocenters. The summed E-state index contributed by atoms with van der Waals surface area (Å²) >= 11 is 3.40. The monoisotopic (exact) mass is 442 g/mol. The molecule has 4 rings (SSSR count). The SMILES string of the molecule is COc1cc([C@H]2Nc3ccccc3NC3=C2C(=O)CC(C)(C)C3)cc(Br)c1O. The second-order valence-electron chi connectivity index (χ2n) is 8.13. The molecule has 146 valence electrons. The number of phenolic OH excluding ortho intramolecular Hbond substituents is 1. The number of carbonyl (C=O) groups is 1. The van der Waals surface area contributed by atoms with Crippen LogP contribution < -0.4 is 15.4 Å². The molecule has 1 aliphatic heterocycles. The van der Waals surface area contributed by atoms with Crippen molar-refractivity contribution in [1.82, 2.24) is 0 Å². The first-order chi connectivity index (χ1) is 13.3. The minimum Gasteiger partial charge on any atom is -0.503 e. The average molecular weight is 443 g/mol. The standard InChI is InChI=1S/C22H23BrN2O3/c1-22(2)10-16-19(17(26)11-22)20(25-15-7-5-4-6-14(15)24-16)12-8-13(23)21(27)18(9-12)28-3/h4-9,20,24-25,27H,10-11H2,1-3H3/t20-/m1/s1. The van der Waals surface area contributed by atoms with Crippen LogP contribution in [-0.4, -0.2) is 18.0 Å². The molecule has 1 atom stereocenters. The highest BCUT2D eigenvalue weighted by molar-refractivity contribution is 9.10. The van der Waals surface area contributed by atoms with Crippen LogP contribution in [0.15, 0.2) is 52.1 Å². The molecule has 0 saturated carbocycles.